The molecule has 2 aliphatic rings. The first kappa shape index (κ1) is 22.7. The summed E-state index contributed by atoms with van der Waals surface area (Å²) in [7, 11) is 1.53. The summed E-state index contributed by atoms with van der Waals surface area (Å²) in [6.07, 6.45) is 4.91. The number of hydrogen-bond donors (Lipinski definition) is 1. The van der Waals surface area contributed by atoms with Gasteiger partial charge in [0, 0.05) is 18.1 Å². The van der Waals surface area contributed by atoms with Crippen molar-refractivity contribution in [2.75, 3.05) is 26.9 Å². The van der Waals surface area contributed by atoms with Crippen molar-refractivity contribution in [3.8, 4) is 5.88 Å². The summed E-state index contributed by atoms with van der Waals surface area (Å²) in [4.78, 5) is 12.9. The lowest BCUT2D eigenvalue weighted by molar-refractivity contribution is -0.321. The van der Waals surface area contributed by atoms with Gasteiger partial charge in [-0.05, 0) is 38.3 Å². The van der Waals surface area contributed by atoms with Crippen molar-refractivity contribution in [1.29, 1.82) is 0 Å². The second kappa shape index (κ2) is 8.78. The summed E-state index contributed by atoms with van der Waals surface area (Å²) in [5.41, 5.74) is 0.802. The van der Waals surface area contributed by atoms with Crippen molar-refractivity contribution >= 4 is 22.8 Å². The fourth-order valence-electron chi connectivity index (χ4n) is 4.49. The molecule has 2 fully saturated rings. The number of unbranched alkanes of at least 4 members (excludes halogenated alkanes) is 2. The van der Waals surface area contributed by atoms with E-state index >= 15 is 0 Å². The minimum atomic E-state index is -0.755. The first-order chi connectivity index (χ1) is 14.8. The standard InChI is InChI=1S/C21H31ClN4O5/c1-5-6-7-8-29-13(10-27)16-21(11-30-20(2,3)31-16)9-14(21)26-12-23-15-17(26)24-19(22)25-18(15)28-4/h12-14,16,27H,5-11H2,1-4H3/t13?,14-,16?,21?/m1/s1. The summed E-state index contributed by atoms with van der Waals surface area (Å²) < 4.78 is 25.8. The number of aliphatic hydroxyl groups is 1. The SMILES string of the molecule is CCCCCOC(CO)C1OC(C)(C)OCC12C[C@H]2n1cnc2c(OC)nc(Cl)nc21. The second-order valence-corrected chi connectivity index (χ2v) is 9.14. The number of halogens is 1. The zero-order valence-corrected chi connectivity index (χ0v) is 19.3. The molecule has 9 nitrogen and oxygen atoms in total. The Balaban J connectivity index is 1.63. The Morgan fingerprint density at radius 2 is 2.16 bits per heavy atom. The molecule has 1 N–H and O–H groups in total. The van der Waals surface area contributed by atoms with Crippen LogP contribution in [0.3, 0.4) is 0 Å². The summed E-state index contributed by atoms with van der Waals surface area (Å²) in [5.74, 6) is -0.417. The van der Waals surface area contributed by atoms with Crippen LogP contribution in [-0.4, -0.2) is 69.6 Å². The molecule has 1 aliphatic carbocycles. The van der Waals surface area contributed by atoms with Crippen LogP contribution in [0.15, 0.2) is 6.33 Å². The maximum Gasteiger partial charge on any atom is 0.246 e. The van der Waals surface area contributed by atoms with Gasteiger partial charge in [-0.3, -0.25) is 0 Å². The van der Waals surface area contributed by atoms with Crippen LogP contribution in [0.4, 0.5) is 0 Å². The molecular formula is C21H31ClN4O5. The Kier molecular flexibility index (Phi) is 6.42. The van der Waals surface area contributed by atoms with E-state index in [-0.39, 0.29) is 29.5 Å². The normalized spacial score (nSPS) is 28.2. The average Bonchev–Trinajstić information content (AvgIpc) is 3.31. The summed E-state index contributed by atoms with van der Waals surface area (Å²) in [6, 6.07) is 0.0163. The highest BCUT2D eigenvalue weighted by Gasteiger charge is 2.66. The lowest BCUT2D eigenvalue weighted by Crippen LogP contribution is -2.54. The quantitative estimate of drug-likeness (QED) is 0.455. The van der Waals surface area contributed by atoms with Crippen molar-refractivity contribution in [1.82, 2.24) is 19.5 Å². The van der Waals surface area contributed by atoms with E-state index < -0.39 is 11.9 Å². The molecule has 10 heteroatoms. The Hall–Kier alpha value is -1.52. The number of aliphatic hydroxyl groups excluding tert-OH is 1. The third-order valence-corrected chi connectivity index (χ3v) is 6.40. The van der Waals surface area contributed by atoms with Gasteiger partial charge in [-0.15, -0.1) is 0 Å². The molecule has 31 heavy (non-hydrogen) atoms. The predicted molar refractivity (Wildman–Crippen MR) is 114 cm³/mol. The van der Waals surface area contributed by atoms with Gasteiger partial charge in [0.2, 0.25) is 11.2 Å². The topological polar surface area (TPSA) is 101 Å². The summed E-state index contributed by atoms with van der Waals surface area (Å²) >= 11 is 6.11. The van der Waals surface area contributed by atoms with Crippen molar-refractivity contribution in [2.24, 2.45) is 5.41 Å². The summed E-state index contributed by atoms with van der Waals surface area (Å²) in [5, 5.41) is 10.2. The first-order valence-corrected chi connectivity index (χ1v) is 11.2. The maximum atomic E-state index is 10.1. The molecule has 2 aromatic heterocycles. The predicted octanol–water partition coefficient (Wildman–Crippen LogP) is 3.14. The van der Waals surface area contributed by atoms with E-state index in [0.29, 0.717) is 30.3 Å². The molecule has 0 amide bonds. The number of hydrogen-bond acceptors (Lipinski definition) is 8. The molecule has 1 saturated carbocycles. The highest BCUT2D eigenvalue weighted by Crippen LogP contribution is 2.63. The van der Waals surface area contributed by atoms with Crippen LogP contribution in [0, 0.1) is 5.41 Å². The fourth-order valence-corrected chi connectivity index (χ4v) is 4.65. The number of ether oxygens (including phenoxy) is 4. The van der Waals surface area contributed by atoms with E-state index in [1.807, 2.05) is 18.4 Å². The smallest absolute Gasteiger partial charge is 0.246 e. The van der Waals surface area contributed by atoms with Crippen molar-refractivity contribution < 1.29 is 24.1 Å². The molecule has 4 atom stereocenters. The lowest BCUT2D eigenvalue weighted by atomic mass is 9.92. The van der Waals surface area contributed by atoms with Gasteiger partial charge in [0.05, 0.1) is 32.8 Å². The Labute approximate surface area is 187 Å². The first-order valence-electron chi connectivity index (χ1n) is 10.8. The van der Waals surface area contributed by atoms with Crippen LogP contribution in [-0.2, 0) is 14.2 Å². The molecule has 0 radical (unpaired) electrons. The molecular weight excluding hydrogens is 424 g/mol. The third kappa shape index (κ3) is 4.26. The van der Waals surface area contributed by atoms with Gasteiger partial charge in [-0.1, -0.05) is 19.8 Å². The zero-order valence-electron chi connectivity index (χ0n) is 18.5. The van der Waals surface area contributed by atoms with Gasteiger partial charge in [0.25, 0.3) is 0 Å². The van der Waals surface area contributed by atoms with Gasteiger partial charge < -0.3 is 28.6 Å². The number of fused-ring (bicyclic) bond motifs is 1. The van der Waals surface area contributed by atoms with Gasteiger partial charge in [0.1, 0.15) is 6.10 Å². The van der Waals surface area contributed by atoms with E-state index in [9.17, 15) is 5.11 Å². The van der Waals surface area contributed by atoms with Crippen LogP contribution in [0.25, 0.3) is 11.2 Å². The number of methoxy groups -OCH3 is 1. The van der Waals surface area contributed by atoms with Crippen LogP contribution >= 0.6 is 11.6 Å². The van der Waals surface area contributed by atoms with Crippen molar-refractivity contribution in [3.63, 3.8) is 0 Å². The average molecular weight is 455 g/mol. The minimum absolute atomic E-state index is 0.0163. The van der Waals surface area contributed by atoms with Gasteiger partial charge in [-0.25, -0.2) is 4.98 Å². The van der Waals surface area contributed by atoms with Gasteiger partial charge in [0.15, 0.2) is 17.0 Å². The second-order valence-electron chi connectivity index (χ2n) is 8.80. The number of imidazole rings is 1. The van der Waals surface area contributed by atoms with Crippen LogP contribution in [0.1, 0.15) is 52.5 Å². The van der Waals surface area contributed by atoms with E-state index in [0.717, 1.165) is 25.7 Å². The molecule has 0 bridgehead atoms. The molecule has 2 aromatic rings. The van der Waals surface area contributed by atoms with Gasteiger partial charge >= 0.3 is 0 Å². The lowest BCUT2D eigenvalue weighted by Gasteiger charge is -2.44. The molecule has 0 aromatic carbocycles. The fraction of sp³-hybridized carbons (Fsp3) is 0.762. The molecule has 3 unspecified atom stereocenters. The van der Waals surface area contributed by atoms with E-state index in [1.54, 1.807) is 6.33 Å². The molecule has 1 spiro atoms. The van der Waals surface area contributed by atoms with Gasteiger partial charge in [-0.2, -0.15) is 9.97 Å². The molecule has 1 aliphatic heterocycles. The Bertz CT molecular complexity index is 923. The molecule has 3 heterocycles. The van der Waals surface area contributed by atoms with Crippen LogP contribution in [0.5, 0.6) is 5.88 Å². The monoisotopic (exact) mass is 454 g/mol. The molecule has 4 rings (SSSR count). The maximum absolute atomic E-state index is 10.1. The van der Waals surface area contributed by atoms with Crippen LogP contribution in [0.2, 0.25) is 5.28 Å². The van der Waals surface area contributed by atoms with Crippen LogP contribution < -0.4 is 4.74 Å². The minimum Gasteiger partial charge on any atom is -0.479 e. The Morgan fingerprint density at radius 1 is 1.35 bits per heavy atom. The van der Waals surface area contributed by atoms with Crippen molar-refractivity contribution in [3.05, 3.63) is 11.6 Å². The highest BCUT2D eigenvalue weighted by atomic mass is 35.5. The van der Waals surface area contributed by atoms with E-state index in [2.05, 4.69) is 21.9 Å². The molecule has 1 saturated heterocycles. The Morgan fingerprint density at radius 3 is 2.87 bits per heavy atom. The number of nitrogens with zero attached hydrogens (tertiary/aromatic N) is 4. The number of aromatic nitrogens is 4. The summed E-state index contributed by atoms with van der Waals surface area (Å²) in [6.45, 7) is 6.89. The third-order valence-electron chi connectivity index (χ3n) is 6.23. The highest BCUT2D eigenvalue weighted by molar-refractivity contribution is 6.28. The zero-order chi connectivity index (χ0) is 22.2. The van der Waals surface area contributed by atoms with E-state index in [4.69, 9.17) is 30.5 Å². The van der Waals surface area contributed by atoms with Crippen molar-refractivity contribution in [2.45, 2.75) is 70.5 Å². The van der Waals surface area contributed by atoms with E-state index in [1.165, 1.54) is 7.11 Å². The largest absolute Gasteiger partial charge is 0.479 e. The molecule has 172 valence electrons. The number of rotatable bonds is 9.